The van der Waals surface area contributed by atoms with Crippen molar-refractivity contribution in [3.8, 4) is 11.5 Å². The number of rotatable bonds is 9. The number of unbranched alkanes of at least 4 members (excludes halogenated alkanes) is 2. The molecule has 1 aliphatic heterocycles. The van der Waals surface area contributed by atoms with Crippen LogP contribution in [0.1, 0.15) is 52.4 Å². The zero-order valence-corrected chi connectivity index (χ0v) is 16.6. The van der Waals surface area contributed by atoms with E-state index in [1.54, 1.807) is 4.90 Å². The van der Waals surface area contributed by atoms with Gasteiger partial charge in [0.15, 0.2) is 0 Å². The van der Waals surface area contributed by atoms with E-state index in [4.69, 9.17) is 9.47 Å². The van der Waals surface area contributed by atoms with Crippen LogP contribution in [-0.2, 0) is 0 Å². The molecule has 2 aromatic rings. The van der Waals surface area contributed by atoms with Crippen LogP contribution in [-0.4, -0.2) is 24.7 Å². The second-order valence-electron chi connectivity index (χ2n) is 6.89. The fourth-order valence-electron chi connectivity index (χ4n) is 3.39. The third-order valence-corrected chi connectivity index (χ3v) is 7.68. The van der Waals surface area contributed by atoms with Crippen LogP contribution in [0.4, 0.5) is 0 Å². The number of hydrogen-bond donors (Lipinski definition) is 1. The Labute approximate surface area is 155 Å². The Kier molecular flexibility index (Phi) is 6.92. The Balaban J connectivity index is 1.93. The molecule has 1 saturated heterocycles. The van der Waals surface area contributed by atoms with Crippen LogP contribution in [0.2, 0.25) is 0 Å². The predicted molar refractivity (Wildman–Crippen MR) is 111 cm³/mol. The minimum Gasteiger partial charge on any atom is -0.494 e. The van der Waals surface area contributed by atoms with Gasteiger partial charge >= 0.3 is 0 Å². The molecule has 25 heavy (non-hydrogen) atoms. The van der Waals surface area contributed by atoms with Crippen molar-refractivity contribution in [1.82, 2.24) is 0 Å². The summed E-state index contributed by atoms with van der Waals surface area (Å²) in [6.07, 6.45) is 7.31. The Morgan fingerprint density at radius 3 is 2.28 bits per heavy atom. The largest absolute Gasteiger partial charge is 0.494 e. The Morgan fingerprint density at radius 1 is 0.840 bits per heavy atom. The van der Waals surface area contributed by atoms with Crippen LogP contribution in [0.5, 0.6) is 11.5 Å². The zero-order chi connectivity index (χ0) is 17.5. The van der Waals surface area contributed by atoms with Gasteiger partial charge in [-0.25, -0.2) is 10.9 Å². The van der Waals surface area contributed by atoms with Crippen LogP contribution < -0.4 is 9.47 Å². The molecule has 3 heteroatoms. The lowest BCUT2D eigenvalue weighted by atomic mass is 10.1. The average molecular weight is 361 g/mol. The summed E-state index contributed by atoms with van der Waals surface area (Å²) in [7, 11) is -0.00786. The van der Waals surface area contributed by atoms with Gasteiger partial charge < -0.3 is 9.47 Å². The second-order valence-corrected chi connectivity index (χ2v) is 9.34. The molecule has 1 aliphatic rings. The van der Waals surface area contributed by atoms with E-state index in [1.807, 2.05) is 0 Å². The third kappa shape index (κ3) is 4.63. The molecule has 0 N–H and O–H groups in total. The lowest BCUT2D eigenvalue weighted by Crippen LogP contribution is -1.99. The summed E-state index contributed by atoms with van der Waals surface area (Å²) >= 11 is 0. The molecule has 0 amide bonds. The highest BCUT2D eigenvalue weighted by Crippen LogP contribution is 2.48. The number of fused-ring (bicyclic) bond motifs is 1. The summed E-state index contributed by atoms with van der Waals surface area (Å²) < 4.78 is 12.1. The SMILES string of the molecule is CCCCOc1ccc2c(OCCCC)ccc([SH]3CCCC3)c2c1. The van der Waals surface area contributed by atoms with E-state index in [0.29, 0.717) is 0 Å². The summed E-state index contributed by atoms with van der Waals surface area (Å²) in [5, 5.41) is 2.61. The summed E-state index contributed by atoms with van der Waals surface area (Å²) in [5.74, 6) is 4.78. The first-order chi connectivity index (χ1) is 12.3. The molecule has 3 rings (SSSR count). The van der Waals surface area contributed by atoms with E-state index in [0.717, 1.165) is 44.0 Å². The fourth-order valence-corrected chi connectivity index (χ4v) is 6.12. The normalized spacial score (nSPS) is 15.7. The van der Waals surface area contributed by atoms with Crippen molar-refractivity contribution in [2.45, 2.75) is 57.3 Å². The molecule has 1 fully saturated rings. The summed E-state index contributed by atoms with van der Waals surface area (Å²) in [6.45, 7) is 6.00. The predicted octanol–water partition coefficient (Wildman–Crippen LogP) is 6.35. The van der Waals surface area contributed by atoms with E-state index in [-0.39, 0.29) is 10.9 Å². The van der Waals surface area contributed by atoms with Crippen molar-refractivity contribution in [2.75, 3.05) is 24.7 Å². The minimum absolute atomic E-state index is 0.00786. The van der Waals surface area contributed by atoms with Gasteiger partial charge in [-0.15, -0.1) is 0 Å². The van der Waals surface area contributed by atoms with E-state index in [9.17, 15) is 0 Å². The first-order valence-corrected chi connectivity index (χ1v) is 11.6. The zero-order valence-electron chi connectivity index (χ0n) is 15.7. The lowest BCUT2D eigenvalue weighted by Gasteiger charge is -2.20. The van der Waals surface area contributed by atoms with Crippen LogP contribution in [0.15, 0.2) is 35.2 Å². The molecular formula is C22H32O2S. The van der Waals surface area contributed by atoms with Crippen LogP contribution in [0.25, 0.3) is 10.8 Å². The standard InChI is InChI=1S/C22H32O2S/c1-3-5-13-23-18-9-10-19-20(17-18)22(25-15-7-8-16-25)12-11-21(19)24-14-6-4-2/h9-12,17,25H,3-8,13-16H2,1-2H3. The maximum atomic E-state index is 6.08. The highest BCUT2D eigenvalue weighted by Gasteiger charge is 2.17. The molecule has 0 aromatic heterocycles. The summed E-state index contributed by atoms with van der Waals surface area (Å²) in [6, 6.07) is 11.1. The lowest BCUT2D eigenvalue weighted by molar-refractivity contribution is 0.309. The number of ether oxygens (including phenoxy) is 2. The number of hydrogen-bond acceptors (Lipinski definition) is 2. The van der Waals surface area contributed by atoms with Gasteiger partial charge in [0, 0.05) is 10.8 Å². The topological polar surface area (TPSA) is 18.5 Å². The van der Waals surface area contributed by atoms with E-state index in [2.05, 4.69) is 44.2 Å². The molecule has 0 aliphatic carbocycles. The Morgan fingerprint density at radius 2 is 1.56 bits per heavy atom. The second kappa shape index (κ2) is 9.38. The van der Waals surface area contributed by atoms with Gasteiger partial charge in [-0.2, -0.15) is 0 Å². The molecule has 0 unspecified atom stereocenters. The highest BCUT2D eigenvalue weighted by molar-refractivity contribution is 8.17. The summed E-state index contributed by atoms with van der Waals surface area (Å²) in [4.78, 5) is 1.55. The molecule has 1 heterocycles. The number of benzene rings is 2. The minimum atomic E-state index is -0.00786. The fraction of sp³-hybridized carbons (Fsp3) is 0.545. The average Bonchev–Trinajstić information content (AvgIpc) is 3.16. The molecule has 138 valence electrons. The van der Waals surface area contributed by atoms with Gasteiger partial charge in [0.05, 0.1) is 13.2 Å². The molecular weight excluding hydrogens is 328 g/mol. The van der Waals surface area contributed by atoms with E-state index >= 15 is 0 Å². The maximum Gasteiger partial charge on any atom is 0.127 e. The smallest absolute Gasteiger partial charge is 0.127 e. The first-order valence-electron chi connectivity index (χ1n) is 9.90. The quantitative estimate of drug-likeness (QED) is 0.415. The van der Waals surface area contributed by atoms with Crippen LogP contribution >= 0.6 is 10.9 Å². The highest BCUT2D eigenvalue weighted by atomic mass is 32.2. The van der Waals surface area contributed by atoms with E-state index < -0.39 is 0 Å². The van der Waals surface area contributed by atoms with Crippen molar-refractivity contribution in [2.24, 2.45) is 0 Å². The molecule has 2 aromatic carbocycles. The van der Waals surface area contributed by atoms with Gasteiger partial charge in [0.25, 0.3) is 0 Å². The van der Waals surface area contributed by atoms with Gasteiger partial charge in [-0.05, 0) is 72.4 Å². The van der Waals surface area contributed by atoms with Crippen molar-refractivity contribution < 1.29 is 9.47 Å². The maximum absolute atomic E-state index is 6.08. The molecule has 2 nitrogen and oxygen atoms in total. The van der Waals surface area contributed by atoms with Gasteiger partial charge in [-0.3, -0.25) is 0 Å². The van der Waals surface area contributed by atoms with Crippen molar-refractivity contribution in [3.63, 3.8) is 0 Å². The Hall–Kier alpha value is -1.35. The van der Waals surface area contributed by atoms with Crippen LogP contribution in [0.3, 0.4) is 0 Å². The van der Waals surface area contributed by atoms with Crippen LogP contribution in [0, 0.1) is 0 Å². The summed E-state index contributed by atoms with van der Waals surface area (Å²) in [5.41, 5.74) is 0. The van der Waals surface area contributed by atoms with Crippen molar-refractivity contribution in [3.05, 3.63) is 30.3 Å². The first kappa shape index (κ1) is 18.4. The monoisotopic (exact) mass is 360 g/mol. The van der Waals surface area contributed by atoms with E-state index in [1.165, 1.54) is 41.5 Å². The van der Waals surface area contributed by atoms with Gasteiger partial charge in [-0.1, -0.05) is 26.7 Å². The molecule has 0 spiro atoms. The molecule has 0 atom stereocenters. The van der Waals surface area contributed by atoms with Gasteiger partial charge in [0.1, 0.15) is 11.5 Å². The third-order valence-electron chi connectivity index (χ3n) is 4.89. The van der Waals surface area contributed by atoms with Crippen molar-refractivity contribution >= 4 is 21.7 Å². The number of thiol groups is 1. The molecule has 0 saturated carbocycles. The molecule has 0 radical (unpaired) electrons. The Bertz CT molecular complexity index is 677. The van der Waals surface area contributed by atoms with Gasteiger partial charge in [0.2, 0.25) is 0 Å². The van der Waals surface area contributed by atoms with Crippen molar-refractivity contribution in [1.29, 1.82) is 0 Å². The molecule has 0 bridgehead atoms.